The standard InChI is InChI=1S/C20H19FN2O4S2/c1-14-7-8-15(2)20(13-14)29(26,27)23-19-6-4-3-5-18(19)22-28(24,25)17-11-9-16(21)10-12-17/h3-13,22-23H,1-2H3. The fraction of sp³-hybridized carbons (Fsp3) is 0.100. The van der Waals surface area contributed by atoms with E-state index in [1.54, 1.807) is 44.2 Å². The summed E-state index contributed by atoms with van der Waals surface area (Å²) in [6.45, 7) is 3.46. The van der Waals surface area contributed by atoms with Gasteiger partial charge in [0.05, 0.1) is 21.2 Å². The van der Waals surface area contributed by atoms with Crippen LogP contribution in [0.4, 0.5) is 15.8 Å². The van der Waals surface area contributed by atoms with E-state index in [9.17, 15) is 21.2 Å². The summed E-state index contributed by atoms with van der Waals surface area (Å²) in [5.74, 6) is -0.564. The molecule has 29 heavy (non-hydrogen) atoms. The number of rotatable bonds is 6. The first-order valence-corrected chi connectivity index (χ1v) is 11.5. The number of sulfonamides is 2. The van der Waals surface area contributed by atoms with E-state index in [1.807, 2.05) is 0 Å². The van der Waals surface area contributed by atoms with E-state index in [0.717, 1.165) is 29.8 Å². The number of halogens is 1. The third-order valence-corrected chi connectivity index (χ3v) is 7.06. The Labute approximate surface area is 169 Å². The first kappa shape index (κ1) is 20.8. The lowest BCUT2D eigenvalue weighted by molar-refractivity contribution is 0.597. The van der Waals surface area contributed by atoms with E-state index < -0.39 is 25.9 Å². The molecule has 0 aliphatic rings. The third-order valence-electron chi connectivity index (χ3n) is 4.17. The van der Waals surface area contributed by atoms with Crippen molar-refractivity contribution in [1.29, 1.82) is 0 Å². The number of aryl methyl sites for hydroxylation is 2. The lowest BCUT2D eigenvalue weighted by Crippen LogP contribution is -2.18. The molecule has 3 rings (SSSR count). The average molecular weight is 435 g/mol. The molecule has 0 amide bonds. The van der Waals surface area contributed by atoms with Crippen molar-refractivity contribution in [3.05, 3.63) is 83.7 Å². The molecule has 0 heterocycles. The molecule has 0 aliphatic heterocycles. The molecule has 6 nitrogen and oxygen atoms in total. The van der Waals surface area contributed by atoms with Crippen molar-refractivity contribution in [2.75, 3.05) is 9.44 Å². The van der Waals surface area contributed by atoms with Gasteiger partial charge in [0.1, 0.15) is 5.82 Å². The number of nitrogens with one attached hydrogen (secondary N) is 2. The Morgan fingerprint density at radius 3 is 1.86 bits per heavy atom. The molecule has 2 N–H and O–H groups in total. The number of hydrogen-bond donors (Lipinski definition) is 2. The van der Waals surface area contributed by atoms with E-state index in [4.69, 9.17) is 0 Å². The molecule has 3 aromatic rings. The monoisotopic (exact) mass is 434 g/mol. The molecule has 9 heteroatoms. The van der Waals surface area contributed by atoms with E-state index in [2.05, 4.69) is 9.44 Å². The summed E-state index contributed by atoms with van der Waals surface area (Å²) in [7, 11) is -7.99. The Morgan fingerprint density at radius 1 is 0.724 bits per heavy atom. The van der Waals surface area contributed by atoms with E-state index in [-0.39, 0.29) is 21.2 Å². The summed E-state index contributed by atoms with van der Waals surface area (Å²) in [4.78, 5) is -0.0419. The maximum Gasteiger partial charge on any atom is 0.262 e. The van der Waals surface area contributed by atoms with Gasteiger partial charge in [0.15, 0.2) is 0 Å². The fourth-order valence-electron chi connectivity index (χ4n) is 2.68. The van der Waals surface area contributed by atoms with Gasteiger partial charge in [-0.05, 0) is 67.4 Å². The van der Waals surface area contributed by atoms with Crippen LogP contribution in [0, 0.1) is 19.7 Å². The van der Waals surface area contributed by atoms with E-state index in [1.165, 1.54) is 12.1 Å². The molecule has 0 spiro atoms. The quantitative estimate of drug-likeness (QED) is 0.612. The summed E-state index contributed by atoms with van der Waals surface area (Å²) in [6.07, 6.45) is 0. The van der Waals surface area contributed by atoms with Gasteiger partial charge in [-0.1, -0.05) is 24.3 Å². The Bertz CT molecular complexity index is 1260. The van der Waals surface area contributed by atoms with Gasteiger partial charge < -0.3 is 0 Å². The molecule has 0 radical (unpaired) electrons. The van der Waals surface area contributed by atoms with Crippen molar-refractivity contribution < 1.29 is 21.2 Å². The first-order chi connectivity index (χ1) is 13.6. The van der Waals surface area contributed by atoms with Gasteiger partial charge in [0.2, 0.25) is 0 Å². The maximum atomic E-state index is 13.1. The van der Waals surface area contributed by atoms with Gasteiger partial charge in [-0.2, -0.15) is 0 Å². The zero-order valence-electron chi connectivity index (χ0n) is 15.7. The number of benzene rings is 3. The zero-order chi connectivity index (χ0) is 21.2. The normalized spacial score (nSPS) is 11.8. The smallest absolute Gasteiger partial charge is 0.262 e. The summed E-state index contributed by atoms with van der Waals surface area (Å²) >= 11 is 0. The van der Waals surface area contributed by atoms with Gasteiger partial charge in [0.25, 0.3) is 20.0 Å². The molecule has 0 aliphatic carbocycles. The van der Waals surface area contributed by atoms with Crippen LogP contribution in [0.1, 0.15) is 11.1 Å². The highest BCUT2D eigenvalue weighted by atomic mass is 32.2. The molecule has 0 saturated carbocycles. The van der Waals surface area contributed by atoms with E-state index >= 15 is 0 Å². The Kier molecular flexibility index (Phi) is 5.63. The van der Waals surface area contributed by atoms with E-state index in [0.29, 0.717) is 5.56 Å². The van der Waals surface area contributed by atoms with Crippen molar-refractivity contribution in [2.45, 2.75) is 23.6 Å². The molecule has 0 fully saturated rings. The predicted molar refractivity (Wildman–Crippen MR) is 110 cm³/mol. The van der Waals surface area contributed by atoms with Crippen LogP contribution in [0.25, 0.3) is 0 Å². The van der Waals surface area contributed by atoms with Gasteiger partial charge in [-0.15, -0.1) is 0 Å². The summed E-state index contributed by atoms with van der Waals surface area (Å²) in [5, 5.41) is 0. The summed E-state index contributed by atoms with van der Waals surface area (Å²) in [6, 6.07) is 15.4. The fourth-order valence-corrected chi connectivity index (χ4v) is 5.17. The molecule has 0 aromatic heterocycles. The Balaban J connectivity index is 1.95. The number of hydrogen-bond acceptors (Lipinski definition) is 4. The van der Waals surface area contributed by atoms with Crippen LogP contribution < -0.4 is 9.44 Å². The van der Waals surface area contributed by atoms with Crippen LogP contribution in [0.15, 0.2) is 76.5 Å². The maximum absolute atomic E-state index is 13.1. The Morgan fingerprint density at radius 2 is 1.28 bits per heavy atom. The van der Waals surface area contributed by atoms with Crippen molar-refractivity contribution in [2.24, 2.45) is 0 Å². The topological polar surface area (TPSA) is 92.3 Å². The van der Waals surface area contributed by atoms with Crippen molar-refractivity contribution >= 4 is 31.4 Å². The van der Waals surface area contributed by atoms with Crippen molar-refractivity contribution in [3.63, 3.8) is 0 Å². The zero-order valence-corrected chi connectivity index (χ0v) is 17.3. The lowest BCUT2D eigenvalue weighted by Gasteiger charge is -2.15. The summed E-state index contributed by atoms with van der Waals surface area (Å²) < 4.78 is 68.8. The second-order valence-corrected chi connectivity index (χ2v) is 9.81. The van der Waals surface area contributed by atoms with Crippen molar-refractivity contribution in [3.8, 4) is 0 Å². The van der Waals surface area contributed by atoms with Gasteiger partial charge >= 0.3 is 0 Å². The molecular formula is C20H19FN2O4S2. The molecule has 0 atom stereocenters. The molecule has 152 valence electrons. The average Bonchev–Trinajstić information content (AvgIpc) is 2.65. The van der Waals surface area contributed by atoms with Crippen LogP contribution in [0.5, 0.6) is 0 Å². The van der Waals surface area contributed by atoms with Crippen LogP contribution >= 0.6 is 0 Å². The minimum atomic E-state index is -4.04. The van der Waals surface area contributed by atoms with Crippen molar-refractivity contribution in [1.82, 2.24) is 0 Å². The number of anilines is 2. The molecule has 3 aromatic carbocycles. The molecular weight excluding hydrogens is 415 g/mol. The highest BCUT2D eigenvalue weighted by molar-refractivity contribution is 7.93. The molecule has 0 unspecified atom stereocenters. The SMILES string of the molecule is Cc1ccc(C)c(S(=O)(=O)Nc2ccccc2NS(=O)(=O)c2ccc(F)cc2)c1. The molecule has 0 bridgehead atoms. The largest absolute Gasteiger partial charge is 0.277 e. The molecule has 0 saturated heterocycles. The lowest BCUT2D eigenvalue weighted by atomic mass is 10.2. The van der Waals surface area contributed by atoms with Crippen LogP contribution in [-0.2, 0) is 20.0 Å². The summed E-state index contributed by atoms with van der Waals surface area (Å²) in [5.41, 5.74) is 1.46. The highest BCUT2D eigenvalue weighted by Crippen LogP contribution is 2.28. The van der Waals surface area contributed by atoms with Gasteiger partial charge in [-0.25, -0.2) is 21.2 Å². The van der Waals surface area contributed by atoms with Crippen LogP contribution in [-0.4, -0.2) is 16.8 Å². The first-order valence-electron chi connectivity index (χ1n) is 8.56. The second kappa shape index (κ2) is 7.84. The van der Waals surface area contributed by atoms with Gasteiger partial charge in [0, 0.05) is 0 Å². The van der Waals surface area contributed by atoms with Gasteiger partial charge in [-0.3, -0.25) is 9.44 Å². The minimum absolute atomic E-state index is 0.0470. The highest BCUT2D eigenvalue weighted by Gasteiger charge is 2.21. The van der Waals surface area contributed by atoms with Crippen LogP contribution in [0.3, 0.4) is 0 Å². The third kappa shape index (κ3) is 4.75. The second-order valence-electron chi connectivity index (χ2n) is 6.48. The Hall–Kier alpha value is -2.91. The predicted octanol–water partition coefficient (Wildman–Crippen LogP) is 4.04. The van der Waals surface area contributed by atoms with Crippen LogP contribution in [0.2, 0.25) is 0 Å². The number of para-hydroxylation sites is 2. The minimum Gasteiger partial charge on any atom is -0.277 e.